The molecule has 1 aliphatic carbocycles. The molecule has 1 aliphatic rings. The first-order chi connectivity index (χ1) is 30.5. The van der Waals surface area contributed by atoms with E-state index in [4.69, 9.17) is 0 Å². The highest BCUT2D eigenvalue weighted by atomic mass is 15.1. The summed E-state index contributed by atoms with van der Waals surface area (Å²) in [6.45, 7) is 4.76. The van der Waals surface area contributed by atoms with Crippen LogP contribution in [0.3, 0.4) is 0 Å². The van der Waals surface area contributed by atoms with Gasteiger partial charge in [-0.1, -0.05) is 135 Å². The Bertz CT molecular complexity index is 3550. The van der Waals surface area contributed by atoms with E-state index >= 15 is 0 Å². The maximum Gasteiger partial charge on any atom is 0.0588 e. The number of rotatable bonds is 5. The van der Waals surface area contributed by atoms with E-state index in [2.05, 4.69) is 252 Å². The van der Waals surface area contributed by atoms with Gasteiger partial charge in [-0.15, -0.1) is 0 Å². The summed E-state index contributed by atoms with van der Waals surface area (Å²) >= 11 is 0. The lowest BCUT2D eigenvalue weighted by atomic mass is 9.81. The van der Waals surface area contributed by atoms with Crippen molar-refractivity contribution in [2.75, 3.05) is 4.90 Å². The molecule has 9 aromatic carbocycles. The molecule has 0 amide bonds. The van der Waals surface area contributed by atoms with Crippen LogP contribution in [-0.2, 0) is 5.41 Å². The molecule has 0 atom stereocenters. The van der Waals surface area contributed by atoms with Crippen LogP contribution in [0, 0.1) is 11.8 Å². The Kier molecular flexibility index (Phi) is 8.10. The molecule has 0 spiro atoms. The number of hydrogen-bond donors (Lipinski definition) is 0. The maximum absolute atomic E-state index is 3.60. The summed E-state index contributed by atoms with van der Waals surface area (Å²) in [5, 5.41) is 4.91. The van der Waals surface area contributed by atoms with Crippen molar-refractivity contribution in [3.63, 3.8) is 0 Å². The van der Waals surface area contributed by atoms with Crippen molar-refractivity contribution >= 4 is 60.7 Å². The minimum atomic E-state index is -0.244. The summed E-state index contributed by atoms with van der Waals surface area (Å²) in [7, 11) is 0. The Morgan fingerprint density at radius 3 is 1.58 bits per heavy atom. The fraction of sp³-hybridized carbons (Fsp3) is 0.0508. The molecule has 0 N–H and O–H groups in total. The number of nitrogens with zero attached hydrogens (tertiary/aromatic N) is 3. The quantitative estimate of drug-likeness (QED) is 0.158. The van der Waals surface area contributed by atoms with E-state index in [1.807, 2.05) is 0 Å². The molecule has 3 heteroatoms. The monoisotopic (exact) mass is 791 g/mol. The molecule has 0 bridgehead atoms. The molecule has 0 unspecified atom stereocenters. The van der Waals surface area contributed by atoms with Gasteiger partial charge in [0.2, 0.25) is 0 Å². The second-order valence-electron chi connectivity index (χ2n) is 16.8. The predicted octanol–water partition coefficient (Wildman–Crippen LogP) is 15.1. The topological polar surface area (TPSA) is 13.1 Å². The van der Waals surface area contributed by atoms with Gasteiger partial charge in [-0.25, -0.2) is 0 Å². The van der Waals surface area contributed by atoms with Crippen molar-refractivity contribution in [3.05, 3.63) is 235 Å². The molecule has 3 nitrogen and oxygen atoms in total. The number of hydrogen-bond acceptors (Lipinski definition) is 1. The second-order valence-corrected chi connectivity index (χ2v) is 16.8. The molecule has 0 aliphatic heterocycles. The molecule has 0 radical (unpaired) electrons. The van der Waals surface area contributed by atoms with Gasteiger partial charge in [-0.05, 0) is 125 Å². The first kappa shape index (κ1) is 35.8. The molecular weight excluding hydrogens is 751 g/mol. The van der Waals surface area contributed by atoms with Crippen molar-refractivity contribution in [3.8, 4) is 34.3 Å². The Balaban J connectivity index is 0.979. The third-order valence-corrected chi connectivity index (χ3v) is 12.9. The molecule has 0 saturated heterocycles. The van der Waals surface area contributed by atoms with Crippen LogP contribution in [-0.4, -0.2) is 9.13 Å². The van der Waals surface area contributed by atoms with Gasteiger partial charge in [0.15, 0.2) is 0 Å². The lowest BCUT2D eigenvalue weighted by Gasteiger charge is -2.25. The van der Waals surface area contributed by atoms with E-state index in [-0.39, 0.29) is 5.41 Å². The highest BCUT2D eigenvalue weighted by Crippen LogP contribution is 2.53. The number of benzene rings is 9. The third kappa shape index (κ3) is 5.54. The summed E-state index contributed by atoms with van der Waals surface area (Å²) in [5.41, 5.74) is 17.5. The van der Waals surface area contributed by atoms with Gasteiger partial charge >= 0.3 is 0 Å². The van der Waals surface area contributed by atoms with Gasteiger partial charge in [0, 0.05) is 66.5 Å². The highest BCUT2D eigenvalue weighted by Gasteiger charge is 2.38. The lowest BCUT2D eigenvalue weighted by Crippen LogP contribution is -2.16. The maximum atomic E-state index is 3.60. The SMILES string of the molecule is CC1(C)c2cc(C#Cc3ccc4c(c3)c3cc(N(c5ccccc5)c5ccccc5)ccc3n4-c3ccccc3)ccc2-c2ccc3c4ccccc4n(-c4ccccc4)c3c21. The molecule has 292 valence electrons. The van der Waals surface area contributed by atoms with Crippen LogP contribution in [0.25, 0.3) is 66.1 Å². The molecular formula is C59H41N3. The molecule has 2 aromatic heterocycles. The van der Waals surface area contributed by atoms with Crippen LogP contribution >= 0.6 is 0 Å². The van der Waals surface area contributed by atoms with E-state index < -0.39 is 0 Å². The van der Waals surface area contributed by atoms with Crippen molar-refractivity contribution in [1.82, 2.24) is 9.13 Å². The van der Waals surface area contributed by atoms with Gasteiger partial charge in [0.1, 0.15) is 0 Å². The fourth-order valence-corrected chi connectivity index (χ4v) is 10.1. The molecule has 11 aromatic rings. The Hall–Kier alpha value is -8.06. The van der Waals surface area contributed by atoms with Gasteiger partial charge in [-0.3, -0.25) is 0 Å². The Labute approximate surface area is 361 Å². The lowest BCUT2D eigenvalue weighted by molar-refractivity contribution is 0.663. The predicted molar refractivity (Wildman–Crippen MR) is 260 cm³/mol. The first-order valence-corrected chi connectivity index (χ1v) is 21.4. The molecule has 0 fully saturated rings. The largest absolute Gasteiger partial charge is 0.310 e. The number of fused-ring (bicyclic) bond motifs is 10. The standard InChI is InChI=1S/C59H41N3/c1-59(2)53-38-41(29-32-47(53)49-33-34-50-48-25-15-16-26-54(48)62(58(50)57(49)59)45-23-13-6-14-24-45)28-27-40-30-35-55-51(37-40)52-39-46(31-36-56(52)61(55)44-21-11-5-12-22-44)60(42-17-7-3-8-18-42)43-19-9-4-10-20-43/h3-26,29-39H,1-2H3. The summed E-state index contributed by atoms with van der Waals surface area (Å²) in [6, 6.07) is 76.4. The minimum absolute atomic E-state index is 0.244. The second kappa shape index (κ2) is 14.0. The van der Waals surface area contributed by atoms with E-state index in [0.29, 0.717) is 0 Å². The van der Waals surface area contributed by atoms with Crippen LogP contribution in [0.4, 0.5) is 17.1 Å². The average Bonchev–Trinajstić information content (AvgIpc) is 3.92. The van der Waals surface area contributed by atoms with Crippen LogP contribution in [0.5, 0.6) is 0 Å². The first-order valence-electron chi connectivity index (χ1n) is 21.4. The van der Waals surface area contributed by atoms with Crippen molar-refractivity contribution in [2.45, 2.75) is 19.3 Å². The normalized spacial score (nSPS) is 12.7. The molecule has 62 heavy (non-hydrogen) atoms. The van der Waals surface area contributed by atoms with Gasteiger partial charge in [0.05, 0.1) is 22.1 Å². The zero-order valence-corrected chi connectivity index (χ0v) is 34.5. The van der Waals surface area contributed by atoms with E-state index in [1.165, 1.54) is 60.5 Å². The fourth-order valence-electron chi connectivity index (χ4n) is 10.1. The Morgan fingerprint density at radius 2 is 0.903 bits per heavy atom. The number of aromatic nitrogens is 2. The molecule has 2 heterocycles. The molecule has 12 rings (SSSR count). The van der Waals surface area contributed by atoms with Crippen LogP contribution < -0.4 is 4.90 Å². The summed E-state index contributed by atoms with van der Waals surface area (Å²) < 4.78 is 4.84. The highest BCUT2D eigenvalue weighted by molar-refractivity contribution is 6.13. The average molecular weight is 792 g/mol. The van der Waals surface area contributed by atoms with Crippen molar-refractivity contribution in [2.24, 2.45) is 0 Å². The Morgan fingerprint density at radius 1 is 0.387 bits per heavy atom. The smallest absolute Gasteiger partial charge is 0.0588 e. The van der Waals surface area contributed by atoms with Crippen molar-refractivity contribution < 1.29 is 0 Å². The van der Waals surface area contributed by atoms with E-state index in [9.17, 15) is 0 Å². The zero-order chi connectivity index (χ0) is 41.4. The molecule has 0 saturated carbocycles. The van der Waals surface area contributed by atoms with Gasteiger partial charge < -0.3 is 14.0 Å². The summed E-state index contributed by atoms with van der Waals surface area (Å²) in [6.07, 6.45) is 0. The van der Waals surface area contributed by atoms with E-state index in [0.717, 1.165) is 44.9 Å². The van der Waals surface area contributed by atoms with Gasteiger partial charge in [-0.2, -0.15) is 0 Å². The third-order valence-electron chi connectivity index (χ3n) is 12.9. The number of anilines is 3. The van der Waals surface area contributed by atoms with Crippen LogP contribution in [0.2, 0.25) is 0 Å². The summed E-state index contributed by atoms with van der Waals surface area (Å²) in [5.74, 6) is 7.20. The van der Waals surface area contributed by atoms with Crippen LogP contribution in [0.1, 0.15) is 36.1 Å². The van der Waals surface area contributed by atoms with E-state index in [1.54, 1.807) is 0 Å². The zero-order valence-electron chi connectivity index (χ0n) is 34.5. The minimum Gasteiger partial charge on any atom is -0.310 e. The van der Waals surface area contributed by atoms with Gasteiger partial charge in [0.25, 0.3) is 0 Å². The van der Waals surface area contributed by atoms with Crippen LogP contribution in [0.15, 0.2) is 212 Å². The van der Waals surface area contributed by atoms with Crippen molar-refractivity contribution in [1.29, 1.82) is 0 Å². The number of para-hydroxylation sites is 5. The summed E-state index contributed by atoms with van der Waals surface area (Å²) in [4.78, 5) is 2.33.